The summed E-state index contributed by atoms with van der Waals surface area (Å²) in [6.07, 6.45) is 3.80. The average molecular weight is 422 g/mol. The van der Waals surface area contributed by atoms with Crippen LogP contribution >= 0.6 is 0 Å². The minimum Gasteiger partial charge on any atom is -0.484 e. The molecule has 0 unspecified atom stereocenters. The van der Waals surface area contributed by atoms with Crippen molar-refractivity contribution in [1.82, 2.24) is 9.88 Å². The Morgan fingerprint density at radius 2 is 2.06 bits per heavy atom. The molecular formula is C23H27N5O3. The third kappa shape index (κ3) is 3.73. The number of likely N-dealkylation sites (N-methyl/N-ethyl adjacent to an activating group) is 1. The molecule has 2 saturated heterocycles. The molecule has 5 rings (SSSR count). The van der Waals surface area contributed by atoms with Crippen LogP contribution in [0, 0.1) is 0 Å². The molecule has 3 N–H and O–H groups in total. The molecule has 0 radical (unpaired) electrons. The first kappa shape index (κ1) is 19.8. The summed E-state index contributed by atoms with van der Waals surface area (Å²) in [5.74, 6) is 0.625. The van der Waals surface area contributed by atoms with Gasteiger partial charge in [0.2, 0.25) is 0 Å². The molecular weight excluding hydrogens is 394 g/mol. The van der Waals surface area contributed by atoms with Gasteiger partial charge in [0.25, 0.3) is 5.91 Å². The minimum atomic E-state index is -0.285. The number of carbonyl (C=O) groups excluding carboxylic acids is 1. The van der Waals surface area contributed by atoms with Gasteiger partial charge >= 0.3 is 0 Å². The van der Waals surface area contributed by atoms with Gasteiger partial charge in [0.05, 0.1) is 35.9 Å². The molecule has 162 valence electrons. The number of pyridine rings is 1. The fourth-order valence-corrected chi connectivity index (χ4v) is 4.73. The molecule has 1 aromatic heterocycles. The predicted molar refractivity (Wildman–Crippen MR) is 119 cm³/mol. The molecule has 1 spiro atoms. The third-order valence-electron chi connectivity index (χ3n) is 6.09. The van der Waals surface area contributed by atoms with Crippen molar-refractivity contribution < 1.29 is 14.3 Å². The van der Waals surface area contributed by atoms with Crippen molar-refractivity contribution in [2.75, 3.05) is 56.7 Å². The number of benzene rings is 1. The van der Waals surface area contributed by atoms with Crippen LogP contribution in [-0.2, 0) is 16.0 Å². The molecule has 4 heterocycles. The lowest BCUT2D eigenvalue weighted by molar-refractivity contribution is -0.111. The van der Waals surface area contributed by atoms with Crippen LogP contribution in [0.3, 0.4) is 0 Å². The van der Waals surface area contributed by atoms with Crippen LogP contribution in [0.2, 0.25) is 0 Å². The van der Waals surface area contributed by atoms with Crippen LogP contribution in [0.25, 0.3) is 5.57 Å². The second-order valence-corrected chi connectivity index (χ2v) is 8.46. The van der Waals surface area contributed by atoms with Crippen molar-refractivity contribution in [1.29, 1.82) is 0 Å². The van der Waals surface area contributed by atoms with E-state index in [2.05, 4.69) is 39.3 Å². The highest BCUT2D eigenvalue weighted by Gasteiger charge is 2.48. The van der Waals surface area contributed by atoms with E-state index in [1.165, 1.54) is 6.20 Å². The van der Waals surface area contributed by atoms with E-state index in [0.717, 1.165) is 55.3 Å². The first-order chi connectivity index (χ1) is 15.1. The number of carbonyl (C=O) groups is 1. The minimum absolute atomic E-state index is 0.141. The SMILES string of the molecule is CN1CC2(Cc3cc(NC(=O)/C(=C/N)c4ccccn4)c(N4CCOCC4)cc3O2)C1. The van der Waals surface area contributed by atoms with Gasteiger partial charge in [-0.2, -0.15) is 0 Å². The summed E-state index contributed by atoms with van der Waals surface area (Å²) in [6.45, 7) is 4.65. The van der Waals surface area contributed by atoms with E-state index in [0.29, 0.717) is 24.5 Å². The monoisotopic (exact) mass is 421 g/mol. The number of amides is 1. The highest BCUT2D eigenvalue weighted by Crippen LogP contribution is 2.44. The van der Waals surface area contributed by atoms with Crippen molar-refractivity contribution in [2.45, 2.75) is 12.0 Å². The van der Waals surface area contributed by atoms with Crippen LogP contribution in [0.4, 0.5) is 11.4 Å². The number of ether oxygens (including phenoxy) is 2. The Labute approximate surface area is 181 Å². The fourth-order valence-electron chi connectivity index (χ4n) is 4.73. The standard InChI is InChI=1S/C23H27N5O3/c1-27-14-23(15-27)12-16-10-19(20(11-21(16)31-23)28-6-8-30-9-7-28)26-22(29)17(13-24)18-4-2-3-5-25-18/h2-5,10-11,13H,6-9,12,14-15,24H2,1H3,(H,26,29)/b17-13+. The molecule has 0 aliphatic carbocycles. The van der Waals surface area contributed by atoms with Crippen LogP contribution in [-0.4, -0.2) is 67.8 Å². The number of nitrogens with two attached hydrogens (primary N) is 1. The Kier molecular flexibility index (Phi) is 5.03. The maximum Gasteiger partial charge on any atom is 0.259 e. The van der Waals surface area contributed by atoms with E-state index >= 15 is 0 Å². The molecule has 31 heavy (non-hydrogen) atoms. The zero-order chi connectivity index (χ0) is 21.4. The largest absolute Gasteiger partial charge is 0.484 e. The number of nitrogens with one attached hydrogen (secondary N) is 1. The molecule has 0 atom stereocenters. The van der Waals surface area contributed by atoms with Gasteiger partial charge in [-0.05, 0) is 25.2 Å². The van der Waals surface area contributed by atoms with Gasteiger partial charge < -0.3 is 25.4 Å². The zero-order valence-electron chi connectivity index (χ0n) is 17.6. The normalized spacial score (nSPS) is 20.2. The lowest BCUT2D eigenvalue weighted by atomic mass is 9.89. The Morgan fingerprint density at radius 3 is 2.74 bits per heavy atom. The van der Waals surface area contributed by atoms with Crippen LogP contribution in [0.1, 0.15) is 11.3 Å². The summed E-state index contributed by atoms with van der Waals surface area (Å²) >= 11 is 0. The second kappa shape index (κ2) is 7.86. The van der Waals surface area contributed by atoms with Gasteiger partial charge in [0, 0.05) is 56.6 Å². The van der Waals surface area contributed by atoms with Crippen LogP contribution in [0.15, 0.2) is 42.7 Å². The van der Waals surface area contributed by atoms with E-state index < -0.39 is 0 Å². The van der Waals surface area contributed by atoms with Gasteiger partial charge in [0.1, 0.15) is 11.4 Å². The summed E-state index contributed by atoms with van der Waals surface area (Å²) in [4.78, 5) is 21.9. The summed E-state index contributed by atoms with van der Waals surface area (Å²) < 4.78 is 11.9. The number of anilines is 2. The first-order valence-corrected chi connectivity index (χ1v) is 10.6. The molecule has 2 aromatic rings. The maximum absolute atomic E-state index is 13.1. The molecule has 1 aromatic carbocycles. The van der Waals surface area contributed by atoms with Crippen molar-refractivity contribution in [3.05, 3.63) is 54.0 Å². The Morgan fingerprint density at radius 1 is 1.26 bits per heavy atom. The topological polar surface area (TPSA) is 93.0 Å². The zero-order valence-corrected chi connectivity index (χ0v) is 17.6. The van der Waals surface area contributed by atoms with Gasteiger partial charge in [0.15, 0.2) is 0 Å². The summed E-state index contributed by atoms with van der Waals surface area (Å²) in [5, 5.41) is 3.08. The highest BCUT2D eigenvalue weighted by molar-refractivity contribution is 6.25. The molecule has 0 saturated carbocycles. The number of hydrogen-bond donors (Lipinski definition) is 2. The second-order valence-electron chi connectivity index (χ2n) is 8.46. The summed E-state index contributed by atoms with van der Waals surface area (Å²) in [5.41, 5.74) is 9.35. The van der Waals surface area contributed by atoms with Crippen molar-refractivity contribution in [3.63, 3.8) is 0 Å². The summed E-state index contributed by atoms with van der Waals surface area (Å²) in [7, 11) is 2.10. The Balaban J connectivity index is 1.46. The van der Waals surface area contributed by atoms with Crippen molar-refractivity contribution in [3.8, 4) is 5.75 Å². The number of hydrogen-bond acceptors (Lipinski definition) is 7. The van der Waals surface area contributed by atoms with Crippen molar-refractivity contribution >= 4 is 22.9 Å². The quantitative estimate of drug-likeness (QED) is 0.723. The average Bonchev–Trinajstić information content (AvgIpc) is 3.13. The lowest BCUT2D eigenvalue weighted by Crippen LogP contribution is -2.62. The lowest BCUT2D eigenvalue weighted by Gasteiger charge is -2.44. The Bertz CT molecular complexity index is 1010. The van der Waals surface area contributed by atoms with E-state index in [1.807, 2.05) is 6.07 Å². The van der Waals surface area contributed by atoms with Gasteiger partial charge in [-0.3, -0.25) is 14.7 Å². The fraction of sp³-hybridized carbons (Fsp3) is 0.391. The molecule has 3 aliphatic rings. The van der Waals surface area contributed by atoms with Crippen molar-refractivity contribution in [2.24, 2.45) is 5.73 Å². The van der Waals surface area contributed by atoms with E-state index in [1.54, 1.807) is 18.3 Å². The van der Waals surface area contributed by atoms with Crippen LogP contribution < -0.4 is 20.7 Å². The highest BCUT2D eigenvalue weighted by atomic mass is 16.5. The predicted octanol–water partition coefficient (Wildman–Crippen LogP) is 1.48. The summed E-state index contributed by atoms with van der Waals surface area (Å²) in [6, 6.07) is 9.53. The Hall–Kier alpha value is -3.10. The van der Waals surface area contributed by atoms with Gasteiger partial charge in [-0.25, -0.2) is 0 Å². The molecule has 3 aliphatic heterocycles. The van der Waals surface area contributed by atoms with Gasteiger partial charge in [-0.1, -0.05) is 6.07 Å². The first-order valence-electron chi connectivity index (χ1n) is 10.6. The number of nitrogens with zero attached hydrogens (tertiary/aromatic N) is 3. The molecule has 0 bridgehead atoms. The smallest absolute Gasteiger partial charge is 0.259 e. The number of fused-ring (bicyclic) bond motifs is 1. The third-order valence-corrected chi connectivity index (χ3v) is 6.09. The molecule has 8 nitrogen and oxygen atoms in total. The number of rotatable bonds is 4. The number of morpholine rings is 1. The van der Waals surface area contributed by atoms with E-state index in [-0.39, 0.29) is 11.5 Å². The molecule has 2 fully saturated rings. The molecule has 8 heteroatoms. The van der Waals surface area contributed by atoms with Crippen LogP contribution in [0.5, 0.6) is 5.75 Å². The van der Waals surface area contributed by atoms with E-state index in [4.69, 9.17) is 15.2 Å². The maximum atomic E-state index is 13.1. The van der Waals surface area contributed by atoms with Gasteiger partial charge in [-0.15, -0.1) is 0 Å². The molecule has 1 amide bonds. The van der Waals surface area contributed by atoms with E-state index in [9.17, 15) is 4.79 Å². The number of aromatic nitrogens is 1. The number of likely N-dealkylation sites (tertiary alicyclic amines) is 1.